The van der Waals surface area contributed by atoms with Gasteiger partial charge in [0.2, 0.25) is 0 Å². The predicted molar refractivity (Wildman–Crippen MR) is 62.4 cm³/mol. The Bertz CT molecular complexity index is 396. The summed E-state index contributed by atoms with van der Waals surface area (Å²) in [4.78, 5) is 19.5. The topological polar surface area (TPSA) is 76.1 Å². The summed E-state index contributed by atoms with van der Waals surface area (Å²) in [6.45, 7) is 0.629. The minimum atomic E-state index is -0.397. The van der Waals surface area contributed by atoms with Crippen molar-refractivity contribution >= 4 is 23.3 Å². The van der Waals surface area contributed by atoms with Crippen molar-refractivity contribution in [1.29, 1.82) is 0 Å². The molecule has 1 aromatic rings. The SMILES string of the molecule is O=C(NNc1nccnc1Cl)C1CCCCO1. The molecular formula is C10H13ClN4O2. The molecule has 0 aromatic carbocycles. The van der Waals surface area contributed by atoms with Crippen molar-refractivity contribution in [3.8, 4) is 0 Å². The number of anilines is 1. The molecule has 1 atom stereocenters. The lowest BCUT2D eigenvalue weighted by molar-refractivity contribution is -0.134. The van der Waals surface area contributed by atoms with Gasteiger partial charge < -0.3 is 4.74 Å². The molecule has 0 spiro atoms. The molecule has 0 saturated carbocycles. The summed E-state index contributed by atoms with van der Waals surface area (Å²) in [6.07, 6.45) is 5.31. The van der Waals surface area contributed by atoms with E-state index in [4.69, 9.17) is 16.3 Å². The zero-order valence-electron chi connectivity index (χ0n) is 9.15. The minimum absolute atomic E-state index is 0.206. The van der Waals surface area contributed by atoms with Crippen molar-refractivity contribution in [2.24, 2.45) is 0 Å². The number of rotatable bonds is 3. The molecule has 1 amide bonds. The molecular weight excluding hydrogens is 244 g/mol. The Morgan fingerprint density at radius 1 is 1.41 bits per heavy atom. The zero-order chi connectivity index (χ0) is 12.1. The number of hydrazine groups is 1. The lowest BCUT2D eigenvalue weighted by Crippen LogP contribution is -2.41. The minimum Gasteiger partial charge on any atom is -0.368 e. The fraction of sp³-hybridized carbons (Fsp3) is 0.500. The van der Waals surface area contributed by atoms with Gasteiger partial charge in [0.15, 0.2) is 11.0 Å². The fourth-order valence-corrected chi connectivity index (χ4v) is 1.71. The van der Waals surface area contributed by atoms with Crippen LogP contribution in [-0.4, -0.2) is 28.6 Å². The van der Waals surface area contributed by atoms with Crippen LogP contribution >= 0.6 is 11.6 Å². The number of amides is 1. The van der Waals surface area contributed by atoms with E-state index in [2.05, 4.69) is 20.8 Å². The lowest BCUT2D eigenvalue weighted by atomic mass is 10.1. The van der Waals surface area contributed by atoms with Gasteiger partial charge in [0.25, 0.3) is 5.91 Å². The van der Waals surface area contributed by atoms with E-state index in [0.717, 1.165) is 19.3 Å². The van der Waals surface area contributed by atoms with Gasteiger partial charge in [-0.05, 0) is 19.3 Å². The van der Waals surface area contributed by atoms with Gasteiger partial charge >= 0.3 is 0 Å². The molecule has 0 radical (unpaired) electrons. The number of nitrogens with one attached hydrogen (secondary N) is 2. The van der Waals surface area contributed by atoms with Crippen molar-refractivity contribution in [1.82, 2.24) is 15.4 Å². The van der Waals surface area contributed by atoms with Crippen molar-refractivity contribution in [2.45, 2.75) is 25.4 Å². The molecule has 17 heavy (non-hydrogen) atoms. The molecule has 1 aliphatic rings. The van der Waals surface area contributed by atoms with Gasteiger partial charge in [-0.15, -0.1) is 0 Å². The molecule has 1 aliphatic heterocycles. The van der Waals surface area contributed by atoms with Gasteiger partial charge in [0, 0.05) is 19.0 Å². The number of halogens is 1. The monoisotopic (exact) mass is 256 g/mol. The van der Waals surface area contributed by atoms with Gasteiger partial charge in [0.05, 0.1) is 0 Å². The summed E-state index contributed by atoms with van der Waals surface area (Å²) in [5.74, 6) is 0.102. The second kappa shape index (κ2) is 5.79. The summed E-state index contributed by atoms with van der Waals surface area (Å²) in [6, 6.07) is 0. The number of ether oxygens (including phenoxy) is 1. The number of nitrogens with zero attached hydrogens (tertiary/aromatic N) is 2. The molecule has 1 saturated heterocycles. The van der Waals surface area contributed by atoms with Gasteiger partial charge in [-0.1, -0.05) is 11.6 Å². The summed E-state index contributed by atoms with van der Waals surface area (Å²) in [5.41, 5.74) is 5.13. The van der Waals surface area contributed by atoms with Gasteiger partial charge in [-0.25, -0.2) is 9.97 Å². The van der Waals surface area contributed by atoms with Crippen LogP contribution in [0, 0.1) is 0 Å². The van der Waals surface area contributed by atoms with E-state index in [-0.39, 0.29) is 11.1 Å². The Labute approximate surface area is 104 Å². The Morgan fingerprint density at radius 3 is 2.94 bits per heavy atom. The summed E-state index contributed by atoms with van der Waals surface area (Å²) >= 11 is 5.77. The standard InChI is InChI=1S/C10H13ClN4O2/c11-8-9(13-5-4-12-8)14-15-10(16)7-3-1-2-6-17-7/h4-5,7H,1-3,6H2,(H,13,14)(H,15,16). The first-order chi connectivity index (χ1) is 8.27. The molecule has 2 N–H and O–H groups in total. The predicted octanol–water partition coefficient (Wildman–Crippen LogP) is 1.14. The first-order valence-corrected chi connectivity index (χ1v) is 5.79. The second-order valence-electron chi connectivity index (χ2n) is 3.67. The van der Waals surface area contributed by atoms with Crippen LogP contribution in [0.1, 0.15) is 19.3 Å². The summed E-state index contributed by atoms with van der Waals surface area (Å²) < 4.78 is 5.34. The lowest BCUT2D eigenvalue weighted by Gasteiger charge is -2.21. The molecule has 7 heteroatoms. The third-order valence-corrected chi connectivity index (χ3v) is 2.71. The van der Waals surface area contributed by atoms with E-state index < -0.39 is 6.10 Å². The van der Waals surface area contributed by atoms with Crippen LogP contribution in [-0.2, 0) is 9.53 Å². The van der Waals surface area contributed by atoms with Crippen LogP contribution in [0.25, 0.3) is 0 Å². The average Bonchev–Trinajstić information content (AvgIpc) is 2.38. The maximum atomic E-state index is 11.7. The normalized spacial score (nSPS) is 19.7. The van der Waals surface area contributed by atoms with Crippen LogP contribution in [0.2, 0.25) is 5.15 Å². The average molecular weight is 257 g/mol. The first-order valence-electron chi connectivity index (χ1n) is 5.41. The van der Waals surface area contributed by atoms with E-state index in [1.807, 2.05) is 0 Å². The largest absolute Gasteiger partial charge is 0.368 e. The number of carbonyl (C=O) groups is 1. The highest BCUT2D eigenvalue weighted by Gasteiger charge is 2.21. The molecule has 1 aromatic heterocycles. The molecule has 6 nitrogen and oxygen atoms in total. The maximum absolute atomic E-state index is 11.7. The van der Waals surface area contributed by atoms with Crippen LogP contribution in [0.5, 0.6) is 0 Å². The second-order valence-corrected chi connectivity index (χ2v) is 4.02. The fourth-order valence-electron chi connectivity index (χ4n) is 1.55. The number of carbonyl (C=O) groups excluding carboxylic acids is 1. The summed E-state index contributed by atoms with van der Waals surface area (Å²) in [7, 11) is 0. The van der Waals surface area contributed by atoms with Crippen LogP contribution in [0.15, 0.2) is 12.4 Å². The number of hydrogen-bond acceptors (Lipinski definition) is 5. The Balaban J connectivity index is 1.85. The van der Waals surface area contributed by atoms with Crippen LogP contribution in [0.3, 0.4) is 0 Å². The van der Waals surface area contributed by atoms with Gasteiger partial charge in [-0.2, -0.15) is 0 Å². The third-order valence-electron chi connectivity index (χ3n) is 2.43. The quantitative estimate of drug-likeness (QED) is 0.794. The van der Waals surface area contributed by atoms with E-state index in [9.17, 15) is 4.79 Å². The molecule has 2 heterocycles. The van der Waals surface area contributed by atoms with Crippen molar-refractivity contribution in [3.05, 3.63) is 17.5 Å². The highest BCUT2D eigenvalue weighted by atomic mass is 35.5. The van der Waals surface area contributed by atoms with E-state index in [0.29, 0.717) is 12.4 Å². The Morgan fingerprint density at radius 2 is 2.24 bits per heavy atom. The Hall–Kier alpha value is -1.40. The van der Waals surface area contributed by atoms with E-state index in [1.54, 1.807) is 0 Å². The molecule has 0 aliphatic carbocycles. The van der Waals surface area contributed by atoms with E-state index >= 15 is 0 Å². The number of aromatic nitrogens is 2. The smallest absolute Gasteiger partial charge is 0.267 e. The molecule has 1 unspecified atom stereocenters. The Kier molecular flexibility index (Phi) is 4.11. The highest BCUT2D eigenvalue weighted by molar-refractivity contribution is 6.31. The van der Waals surface area contributed by atoms with Crippen molar-refractivity contribution < 1.29 is 9.53 Å². The molecule has 2 rings (SSSR count). The van der Waals surface area contributed by atoms with Crippen LogP contribution < -0.4 is 10.9 Å². The van der Waals surface area contributed by atoms with Crippen LogP contribution in [0.4, 0.5) is 5.82 Å². The number of hydrogen-bond donors (Lipinski definition) is 2. The highest BCUT2D eigenvalue weighted by Crippen LogP contribution is 2.14. The molecule has 1 fully saturated rings. The first kappa shape index (κ1) is 12.1. The molecule has 92 valence electrons. The molecule has 0 bridgehead atoms. The van der Waals surface area contributed by atoms with E-state index in [1.165, 1.54) is 12.4 Å². The maximum Gasteiger partial charge on any atom is 0.267 e. The van der Waals surface area contributed by atoms with Gasteiger partial charge in [-0.3, -0.25) is 15.6 Å². The summed E-state index contributed by atoms with van der Waals surface area (Å²) in [5, 5.41) is 0.206. The zero-order valence-corrected chi connectivity index (χ0v) is 9.91. The van der Waals surface area contributed by atoms with Crippen molar-refractivity contribution in [2.75, 3.05) is 12.0 Å². The van der Waals surface area contributed by atoms with Gasteiger partial charge in [0.1, 0.15) is 6.10 Å². The third kappa shape index (κ3) is 3.28. The van der Waals surface area contributed by atoms with Crippen molar-refractivity contribution in [3.63, 3.8) is 0 Å².